The maximum atomic E-state index is 12.2. The Hall–Kier alpha value is -0.970. The largest absolute Gasteiger partial charge is 0.481 e. The minimum atomic E-state index is -0.727. The number of carbonyl (C=O) groups is 2. The molecule has 1 aliphatic carbocycles. The number of carboxylic acid groups (broad SMARTS) is 1. The number of likely N-dealkylation sites (tertiary alicyclic amines) is 1. The van der Waals surface area contributed by atoms with Crippen molar-refractivity contribution < 1.29 is 14.7 Å². The van der Waals surface area contributed by atoms with Crippen LogP contribution in [0.3, 0.4) is 0 Å². The monoisotopic (exact) mass is 367 g/mol. The van der Waals surface area contributed by atoms with Gasteiger partial charge in [0.05, 0.1) is 0 Å². The number of rotatable bonds is 12. The first-order valence-corrected chi connectivity index (χ1v) is 11.1. The third-order valence-electron chi connectivity index (χ3n) is 5.33. The van der Waals surface area contributed by atoms with Crippen LogP contribution >= 0.6 is 11.8 Å². The van der Waals surface area contributed by atoms with Crippen molar-refractivity contribution in [1.29, 1.82) is 0 Å². The molecule has 1 amide bonds. The highest BCUT2D eigenvalue weighted by atomic mass is 32.2. The Morgan fingerprint density at radius 3 is 2.76 bits per heavy atom. The summed E-state index contributed by atoms with van der Waals surface area (Å²) in [7, 11) is 0. The number of carbonyl (C=O) groups excluding carboxylic acids is 1. The third-order valence-corrected chi connectivity index (χ3v) is 6.38. The molecule has 2 rings (SSSR count). The highest BCUT2D eigenvalue weighted by Crippen LogP contribution is 2.30. The van der Waals surface area contributed by atoms with Gasteiger partial charge in [-0.15, -0.1) is 0 Å². The summed E-state index contributed by atoms with van der Waals surface area (Å²) in [5.41, 5.74) is 0. The van der Waals surface area contributed by atoms with Crippen LogP contribution in [-0.4, -0.2) is 46.0 Å². The predicted molar refractivity (Wildman–Crippen MR) is 104 cm³/mol. The number of allylic oxidation sites excluding steroid dienone is 1. The number of aliphatic carboxylic acids is 1. The average molecular weight is 368 g/mol. The fraction of sp³-hybridized carbons (Fsp3) is 0.800. The average Bonchev–Trinajstić information content (AvgIpc) is 2.53. The third kappa shape index (κ3) is 7.85. The first-order chi connectivity index (χ1) is 12.2. The number of amides is 1. The van der Waals surface area contributed by atoms with Gasteiger partial charge in [-0.25, -0.2) is 0 Å². The van der Waals surface area contributed by atoms with Gasteiger partial charge in [-0.3, -0.25) is 9.59 Å². The molecule has 1 unspecified atom stereocenters. The van der Waals surface area contributed by atoms with Gasteiger partial charge in [0.1, 0.15) is 0 Å². The summed E-state index contributed by atoms with van der Waals surface area (Å²) in [6.45, 7) is 0.785. The van der Waals surface area contributed by atoms with Gasteiger partial charge in [0, 0.05) is 31.2 Å². The van der Waals surface area contributed by atoms with E-state index in [9.17, 15) is 9.59 Å². The molecule has 0 aromatic heterocycles. The molecule has 142 valence electrons. The predicted octanol–water partition coefficient (Wildman–Crippen LogP) is 4.49. The Bertz CT molecular complexity index is 448. The Labute approximate surface area is 156 Å². The van der Waals surface area contributed by atoms with E-state index in [1.807, 2.05) is 4.90 Å². The van der Waals surface area contributed by atoms with Crippen LogP contribution in [0.1, 0.15) is 70.6 Å². The summed E-state index contributed by atoms with van der Waals surface area (Å²) in [6.07, 6.45) is 16.3. The highest BCUT2D eigenvalue weighted by molar-refractivity contribution is 7.99. The molecule has 2 aliphatic rings. The molecule has 0 aromatic carbocycles. The molecule has 1 saturated heterocycles. The molecule has 2 fully saturated rings. The van der Waals surface area contributed by atoms with Crippen LogP contribution in [0.15, 0.2) is 12.2 Å². The Kier molecular flexibility index (Phi) is 9.45. The van der Waals surface area contributed by atoms with E-state index in [1.165, 1.54) is 32.1 Å². The number of unbranched alkanes of at least 4 members (excludes halogenated alkanes) is 1. The summed E-state index contributed by atoms with van der Waals surface area (Å²) in [4.78, 5) is 24.8. The normalized spacial score (nSPS) is 21.7. The molecule has 1 aliphatic heterocycles. The fourth-order valence-corrected chi connectivity index (χ4v) is 4.47. The molecular formula is C20H33NO3S. The number of hydrogen-bond acceptors (Lipinski definition) is 3. The molecule has 0 spiro atoms. The molecule has 4 nitrogen and oxygen atoms in total. The van der Waals surface area contributed by atoms with Gasteiger partial charge in [0.15, 0.2) is 0 Å². The summed E-state index contributed by atoms with van der Waals surface area (Å²) >= 11 is 1.76. The van der Waals surface area contributed by atoms with Crippen molar-refractivity contribution in [2.24, 2.45) is 5.92 Å². The van der Waals surface area contributed by atoms with Crippen molar-refractivity contribution in [3.63, 3.8) is 0 Å². The standard InChI is InChI=1S/C20H33NO3S/c22-19-12-5-11-18(10-3-1-2-7-17-8-4-9-17)21(19)14-16-25-15-6-13-20(23)24/h3,10,17-18H,1-2,4-9,11-16H2,(H,23,24)/b10-3+. The van der Waals surface area contributed by atoms with E-state index in [2.05, 4.69) is 12.2 Å². The second-order valence-electron chi connectivity index (χ2n) is 7.31. The molecule has 1 N–H and O–H groups in total. The smallest absolute Gasteiger partial charge is 0.303 e. The van der Waals surface area contributed by atoms with Gasteiger partial charge in [-0.2, -0.15) is 11.8 Å². The van der Waals surface area contributed by atoms with Crippen LogP contribution in [0.2, 0.25) is 0 Å². The lowest BCUT2D eigenvalue weighted by Crippen LogP contribution is -2.43. The van der Waals surface area contributed by atoms with Gasteiger partial charge in [0.2, 0.25) is 5.91 Å². The highest BCUT2D eigenvalue weighted by Gasteiger charge is 2.25. The quantitative estimate of drug-likeness (QED) is 0.408. The summed E-state index contributed by atoms with van der Waals surface area (Å²) in [5.74, 6) is 2.29. The van der Waals surface area contributed by atoms with Crippen LogP contribution < -0.4 is 0 Å². The number of hydrogen-bond donors (Lipinski definition) is 1. The lowest BCUT2D eigenvalue weighted by Gasteiger charge is -2.34. The maximum absolute atomic E-state index is 12.2. The van der Waals surface area contributed by atoms with Gasteiger partial charge in [0.25, 0.3) is 0 Å². The zero-order valence-electron chi connectivity index (χ0n) is 15.3. The molecular weight excluding hydrogens is 334 g/mol. The topological polar surface area (TPSA) is 57.6 Å². The second-order valence-corrected chi connectivity index (χ2v) is 8.54. The van der Waals surface area contributed by atoms with Gasteiger partial charge < -0.3 is 10.0 Å². The Balaban J connectivity index is 1.64. The minimum Gasteiger partial charge on any atom is -0.481 e. The lowest BCUT2D eigenvalue weighted by molar-refractivity contribution is -0.137. The summed E-state index contributed by atoms with van der Waals surface area (Å²) in [6, 6.07) is 0.268. The molecule has 0 aromatic rings. The van der Waals surface area contributed by atoms with Crippen molar-refractivity contribution in [1.82, 2.24) is 4.90 Å². The molecule has 25 heavy (non-hydrogen) atoms. The Morgan fingerprint density at radius 1 is 1.20 bits per heavy atom. The van der Waals surface area contributed by atoms with E-state index < -0.39 is 5.97 Å². The number of piperidine rings is 1. The van der Waals surface area contributed by atoms with Crippen LogP contribution in [0.4, 0.5) is 0 Å². The van der Waals surface area contributed by atoms with Crippen molar-refractivity contribution in [3.05, 3.63) is 12.2 Å². The molecule has 0 bridgehead atoms. The number of nitrogens with zero attached hydrogens (tertiary/aromatic N) is 1. The molecule has 1 heterocycles. The van der Waals surface area contributed by atoms with Crippen LogP contribution in [0, 0.1) is 5.92 Å². The van der Waals surface area contributed by atoms with Crippen molar-refractivity contribution in [2.45, 2.75) is 76.7 Å². The minimum absolute atomic E-state index is 0.238. The fourth-order valence-electron chi connectivity index (χ4n) is 3.59. The van der Waals surface area contributed by atoms with Crippen molar-refractivity contribution in [3.8, 4) is 0 Å². The van der Waals surface area contributed by atoms with Gasteiger partial charge in [-0.05, 0) is 43.8 Å². The zero-order valence-corrected chi connectivity index (χ0v) is 16.1. The van der Waals surface area contributed by atoms with Crippen molar-refractivity contribution in [2.75, 3.05) is 18.1 Å². The molecule has 1 atom stereocenters. The van der Waals surface area contributed by atoms with E-state index in [4.69, 9.17) is 5.11 Å². The van der Waals surface area contributed by atoms with E-state index in [-0.39, 0.29) is 18.4 Å². The zero-order chi connectivity index (χ0) is 17.9. The first kappa shape index (κ1) is 20.3. The molecule has 1 saturated carbocycles. The molecule has 5 heteroatoms. The van der Waals surface area contributed by atoms with E-state index in [0.29, 0.717) is 12.8 Å². The van der Waals surface area contributed by atoms with Crippen LogP contribution in [0.25, 0.3) is 0 Å². The van der Waals surface area contributed by atoms with Gasteiger partial charge in [-0.1, -0.05) is 37.8 Å². The summed E-state index contributed by atoms with van der Waals surface area (Å²) < 4.78 is 0. The first-order valence-electron chi connectivity index (χ1n) is 9.92. The van der Waals surface area contributed by atoms with E-state index >= 15 is 0 Å². The van der Waals surface area contributed by atoms with E-state index in [1.54, 1.807) is 11.8 Å². The second kappa shape index (κ2) is 11.6. The van der Waals surface area contributed by atoms with Crippen LogP contribution in [-0.2, 0) is 9.59 Å². The Morgan fingerprint density at radius 2 is 2.04 bits per heavy atom. The van der Waals surface area contributed by atoms with Gasteiger partial charge >= 0.3 is 5.97 Å². The number of thioether (sulfide) groups is 1. The summed E-state index contributed by atoms with van der Waals surface area (Å²) in [5, 5.41) is 8.64. The molecule has 0 radical (unpaired) electrons. The number of carboxylic acids is 1. The lowest BCUT2D eigenvalue weighted by atomic mass is 9.82. The van der Waals surface area contributed by atoms with Crippen LogP contribution in [0.5, 0.6) is 0 Å². The maximum Gasteiger partial charge on any atom is 0.303 e. The SMILES string of the molecule is O=C(O)CCCSCCN1C(=O)CCCC1/C=C/CCCC1CCC1. The van der Waals surface area contributed by atoms with Crippen molar-refractivity contribution >= 4 is 23.6 Å². The van der Waals surface area contributed by atoms with E-state index in [0.717, 1.165) is 43.2 Å².